The molecule has 4 aliphatic rings. The van der Waals surface area contributed by atoms with E-state index in [1.807, 2.05) is 30.3 Å². The first-order valence-corrected chi connectivity index (χ1v) is 7.75. The summed E-state index contributed by atoms with van der Waals surface area (Å²) in [5.41, 5.74) is 0.734. The Morgan fingerprint density at radius 3 is 2.26 bits per heavy atom. The van der Waals surface area contributed by atoms with Crippen molar-refractivity contribution in [2.75, 3.05) is 0 Å². The standard InChI is InChI=1S/C17H19ClO/c18-17-9-12-6-13(10-17)8-16(7-12,11-17)15(19)14-4-2-1-3-5-14/h1-5,12-13H,6-11H2. The zero-order valence-corrected chi connectivity index (χ0v) is 11.8. The quantitative estimate of drug-likeness (QED) is 0.575. The fourth-order valence-electron chi connectivity index (χ4n) is 5.31. The van der Waals surface area contributed by atoms with Crippen molar-refractivity contribution >= 4 is 17.4 Å². The minimum absolute atomic E-state index is 0.0749. The van der Waals surface area contributed by atoms with E-state index < -0.39 is 0 Å². The Morgan fingerprint density at radius 1 is 1.05 bits per heavy atom. The lowest BCUT2D eigenvalue weighted by atomic mass is 9.48. The van der Waals surface area contributed by atoms with Gasteiger partial charge in [0, 0.05) is 15.9 Å². The highest BCUT2D eigenvalue weighted by atomic mass is 35.5. The van der Waals surface area contributed by atoms with Gasteiger partial charge in [-0.2, -0.15) is 0 Å². The van der Waals surface area contributed by atoms with Gasteiger partial charge in [0.05, 0.1) is 0 Å². The number of hydrogen-bond acceptors (Lipinski definition) is 1. The highest BCUT2D eigenvalue weighted by Gasteiger charge is 2.59. The Morgan fingerprint density at radius 2 is 1.68 bits per heavy atom. The molecule has 4 bridgehead atoms. The first-order chi connectivity index (χ1) is 9.09. The smallest absolute Gasteiger partial charge is 0.169 e. The SMILES string of the molecule is O=C(c1ccccc1)C12CC3CC(CC(Cl)(C3)C1)C2. The van der Waals surface area contributed by atoms with Gasteiger partial charge in [-0.05, 0) is 50.4 Å². The maximum absolute atomic E-state index is 13.0. The van der Waals surface area contributed by atoms with Crippen LogP contribution in [0.1, 0.15) is 48.9 Å². The van der Waals surface area contributed by atoms with Crippen LogP contribution in [0.4, 0.5) is 0 Å². The molecular formula is C17H19ClO. The molecule has 1 aromatic rings. The summed E-state index contributed by atoms with van der Waals surface area (Å²) in [5.74, 6) is 1.73. The Bertz CT molecular complexity index is 507. The fourth-order valence-corrected chi connectivity index (χ4v) is 6.00. The topological polar surface area (TPSA) is 17.1 Å². The van der Waals surface area contributed by atoms with Gasteiger partial charge in [0.25, 0.3) is 0 Å². The van der Waals surface area contributed by atoms with Crippen LogP contribution in [0.5, 0.6) is 0 Å². The zero-order chi connectivity index (χ0) is 13.1. The molecule has 4 aliphatic carbocycles. The number of carbonyl (C=O) groups excluding carboxylic acids is 1. The van der Waals surface area contributed by atoms with Crippen LogP contribution in [0, 0.1) is 17.3 Å². The van der Waals surface area contributed by atoms with Crippen LogP contribution in [0.15, 0.2) is 30.3 Å². The highest BCUT2D eigenvalue weighted by molar-refractivity contribution is 6.24. The van der Waals surface area contributed by atoms with E-state index in [-0.39, 0.29) is 10.3 Å². The summed E-state index contributed by atoms with van der Waals surface area (Å²) >= 11 is 6.80. The number of ketones is 1. The highest BCUT2D eigenvalue weighted by Crippen LogP contribution is 2.64. The first kappa shape index (κ1) is 12.0. The van der Waals surface area contributed by atoms with Crippen molar-refractivity contribution in [3.63, 3.8) is 0 Å². The Hall–Kier alpha value is -0.820. The third-order valence-corrected chi connectivity index (χ3v) is 5.95. The van der Waals surface area contributed by atoms with E-state index in [1.165, 1.54) is 6.42 Å². The third kappa shape index (κ3) is 1.78. The van der Waals surface area contributed by atoms with E-state index in [0.717, 1.165) is 37.7 Å². The predicted octanol–water partition coefficient (Wildman–Crippen LogP) is 4.45. The van der Waals surface area contributed by atoms with Crippen LogP contribution in [-0.2, 0) is 0 Å². The molecule has 2 unspecified atom stereocenters. The molecule has 2 atom stereocenters. The Kier molecular flexibility index (Phi) is 2.42. The second-order valence-electron chi connectivity index (χ2n) is 7.09. The summed E-state index contributed by atoms with van der Waals surface area (Å²) in [6.45, 7) is 0. The third-order valence-electron chi connectivity index (χ3n) is 5.51. The van der Waals surface area contributed by atoms with Gasteiger partial charge >= 0.3 is 0 Å². The molecule has 4 saturated carbocycles. The van der Waals surface area contributed by atoms with Crippen molar-refractivity contribution in [2.45, 2.75) is 43.4 Å². The normalized spacial score (nSPS) is 43.4. The number of alkyl halides is 1. The lowest BCUT2D eigenvalue weighted by molar-refractivity contribution is -0.0242. The van der Waals surface area contributed by atoms with Gasteiger partial charge in [-0.1, -0.05) is 30.3 Å². The van der Waals surface area contributed by atoms with E-state index in [4.69, 9.17) is 11.6 Å². The molecule has 0 N–H and O–H groups in total. The second-order valence-corrected chi connectivity index (χ2v) is 7.89. The van der Waals surface area contributed by atoms with E-state index in [1.54, 1.807) is 0 Å². The average Bonchev–Trinajstić information content (AvgIpc) is 2.36. The molecule has 0 saturated heterocycles. The molecular weight excluding hydrogens is 256 g/mol. The van der Waals surface area contributed by atoms with Crippen LogP contribution in [0.3, 0.4) is 0 Å². The van der Waals surface area contributed by atoms with Crippen LogP contribution in [0.2, 0.25) is 0 Å². The number of rotatable bonds is 2. The molecule has 1 nitrogen and oxygen atoms in total. The fraction of sp³-hybridized carbons (Fsp3) is 0.588. The number of Topliss-reactive ketones (excluding diaryl/α,β-unsaturated/α-hetero) is 1. The van der Waals surface area contributed by atoms with Crippen molar-refractivity contribution in [1.82, 2.24) is 0 Å². The molecule has 0 radical (unpaired) electrons. The van der Waals surface area contributed by atoms with E-state index >= 15 is 0 Å². The van der Waals surface area contributed by atoms with E-state index in [0.29, 0.717) is 17.6 Å². The zero-order valence-electron chi connectivity index (χ0n) is 11.1. The van der Waals surface area contributed by atoms with Gasteiger partial charge in [-0.15, -0.1) is 11.6 Å². The number of halogens is 1. The molecule has 100 valence electrons. The van der Waals surface area contributed by atoms with E-state index in [2.05, 4.69) is 0 Å². The van der Waals surface area contributed by atoms with Gasteiger partial charge < -0.3 is 0 Å². The van der Waals surface area contributed by atoms with Gasteiger partial charge in [0.15, 0.2) is 5.78 Å². The summed E-state index contributed by atoms with van der Waals surface area (Å²) < 4.78 is 0. The largest absolute Gasteiger partial charge is 0.294 e. The number of benzene rings is 1. The van der Waals surface area contributed by atoms with Crippen molar-refractivity contribution < 1.29 is 4.79 Å². The molecule has 4 fully saturated rings. The minimum atomic E-state index is -0.146. The Balaban J connectivity index is 1.72. The molecule has 0 spiro atoms. The van der Waals surface area contributed by atoms with Gasteiger partial charge in [0.2, 0.25) is 0 Å². The molecule has 5 rings (SSSR count). The summed E-state index contributed by atoms with van der Waals surface area (Å²) in [6.07, 6.45) is 6.63. The molecule has 0 aromatic heterocycles. The van der Waals surface area contributed by atoms with Crippen LogP contribution in [0.25, 0.3) is 0 Å². The second kappa shape index (κ2) is 3.85. The lowest BCUT2D eigenvalue weighted by Crippen LogP contribution is -2.56. The summed E-state index contributed by atoms with van der Waals surface area (Å²) in [7, 11) is 0. The number of hydrogen-bond donors (Lipinski definition) is 0. The monoisotopic (exact) mass is 274 g/mol. The first-order valence-electron chi connectivity index (χ1n) is 7.37. The summed E-state index contributed by atoms with van der Waals surface area (Å²) in [4.78, 5) is 12.9. The molecule has 0 heterocycles. The van der Waals surface area contributed by atoms with E-state index in [9.17, 15) is 4.79 Å². The maximum atomic E-state index is 13.0. The number of carbonyl (C=O) groups is 1. The maximum Gasteiger partial charge on any atom is 0.169 e. The summed E-state index contributed by atoms with van der Waals surface area (Å²) in [5, 5.41) is 0. The van der Waals surface area contributed by atoms with Crippen molar-refractivity contribution in [2.24, 2.45) is 17.3 Å². The van der Waals surface area contributed by atoms with Crippen LogP contribution >= 0.6 is 11.6 Å². The van der Waals surface area contributed by atoms with Crippen LogP contribution in [-0.4, -0.2) is 10.7 Å². The van der Waals surface area contributed by atoms with Gasteiger partial charge in [-0.3, -0.25) is 4.79 Å². The van der Waals surface area contributed by atoms with Crippen LogP contribution < -0.4 is 0 Å². The molecule has 2 heteroatoms. The molecule has 0 amide bonds. The van der Waals surface area contributed by atoms with Gasteiger partial charge in [-0.25, -0.2) is 0 Å². The van der Waals surface area contributed by atoms with Gasteiger partial charge in [0.1, 0.15) is 0 Å². The predicted molar refractivity (Wildman–Crippen MR) is 76.5 cm³/mol. The average molecular weight is 275 g/mol. The van der Waals surface area contributed by atoms with Crippen molar-refractivity contribution in [3.8, 4) is 0 Å². The lowest BCUT2D eigenvalue weighted by Gasteiger charge is -2.59. The molecule has 0 aliphatic heterocycles. The minimum Gasteiger partial charge on any atom is -0.294 e. The molecule has 19 heavy (non-hydrogen) atoms. The molecule has 1 aromatic carbocycles. The van der Waals surface area contributed by atoms with Crippen molar-refractivity contribution in [1.29, 1.82) is 0 Å². The van der Waals surface area contributed by atoms with Crippen molar-refractivity contribution in [3.05, 3.63) is 35.9 Å². The summed E-state index contributed by atoms with van der Waals surface area (Å²) in [6, 6.07) is 9.82. The Labute approximate surface area is 119 Å².